The van der Waals surface area contributed by atoms with Crippen LogP contribution < -0.4 is 5.43 Å². The fourth-order valence-electron chi connectivity index (χ4n) is 2.42. The second-order valence-electron chi connectivity index (χ2n) is 5.64. The summed E-state index contributed by atoms with van der Waals surface area (Å²) < 4.78 is 27.7. The molecular formula is C18H19Br2N3O4S. The van der Waals surface area contributed by atoms with Crippen LogP contribution in [0.3, 0.4) is 0 Å². The van der Waals surface area contributed by atoms with Crippen LogP contribution in [0.5, 0.6) is 5.75 Å². The van der Waals surface area contributed by atoms with Crippen LogP contribution in [0, 0.1) is 0 Å². The van der Waals surface area contributed by atoms with E-state index in [-0.39, 0.29) is 16.2 Å². The smallest absolute Gasteiger partial charge is 0.271 e. The van der Waals surface area contributed by atoms with Gasteiger partial charge in [0.05, 0.1) is 15.6 Å². The largest absolute Gasteiger partial charge is 0.506 e. The van der Waals surface area contributed by atoms with Crippen LogP contribution >= 0.6 is 31.9 Å². The van der Waals surface area contributed by atoms with E-state index < -0.39 is 15.9 Å². The van der Waals surface area contributed by atoms with Gasteiger partial charge in [-0.15, -0.1) is 0 Å². The molecule has 0 aliphatic carbocycles. The molecule has 10 heteroatoms. The highest BCUT2D eigenvalue weighted by Gasteiger charge is 2.22. The van der Waals surface area contributed by atoms with Crippen molar-refractivity contribution < 1.29 is 18.3 Å². The van der Waals surface area contributed by atoms with Crippen molar-refractivity contribution in [2.75, 3.05) is 13.1 Å². The lowest BCUT2D eigenvalue weighted by Crippen LogP contribution is -2.30. The van der Waals surface area contributed by atoms with Crippen LogP contribution in [0.15, 0.2) is 55.3 Å². The number of amides is 1. The summed E-state index contributed by atoms with van der Waals surface area (Å²) in [6, 6.07) is 9.07. The monoisotopic (exact) mass is 531 g/mol. The molecular weight excluding hydrogens is 514 g/mol. The van der Waals surface area contributed by atoms with Crippen molar-refractivity contribution in [2.24, 2.45) is 5.10 Å². The number of rotatable bonds is 7. The van der Waals surface area contributed by atoms with Gasteiger partial charge >= 0.3 is 0 Å². The summed E-state index contributed by atoms with van der Waals surface area (Å²) >= 11 is 6.52. The van der Waals surface area contributed by atoms with Gasteiger partial charge in [0.2, 0.25) is 10.0 Å². The molecule has 0 aliphatic heterocycles. The first-order valence-electron chi connectivity index (χ1n) is 8.32. The number of halogens is 2. The molecule has 0 fully saturated rings. The minimum atomic E-state index is -3.66. The molecule has 0 spiro atoms. The van der Waals surface area contributed by atoms with Crippen LogP contribution in [0.2, 0.25) is 0 Å². The summed E-state index contributed by atoms with van der Waals surface area (Å²) in [4.78, 5) is 12.4. The van der Waals surface area contributed by atoms with Crippen LogP contribution in [-0.2, 0) is 10.0 Å². The van der Waals surface area contributed by atoms with E-state index in [9.17, 15) is 18.3 Å². The number of carbonyl (C=O) groups is 1. The molecule has 150 valence electrons. The van der Waals surface area contributed by atoms with Gasteiger partial charge in [-0.1, -0.05) is 35.8 Å². The van der Waals surface area contributed by atoms with Crippen LogP contribution in [0.1, 0.15) is 29.8 Å². The van der Waals surface area contributed by atoms with Gasteiger partial charge < -0.3 is 5.11 Å². The molecule has 7 nitrogen and oxygen atoms in total. The Bertz CT molecular complexity index is 1010. The molecule has 28 heavy (non-hydrogen) atoms. The Morgan fingerprint density at radius 3 is 2.54 bits per heavy atom. The molecule has 1 amide bonds. The maximum absolute atomic E-state index is 12.6. The van der Waals surface area contributed by atoms with Crippen molar-refractivity contribution in [1.82, 2.24) is 9.73 Å². The molecule has 0 aromatic heterocycles. The molecule has 0 aliphatic rings. The van der Waals surface area contributed by atoms with Crippen LogP contribution in [0.4, 0.5) is 0 Å². The highest BCUT2D eigenvalue weighted by molar-refractivity contribution is 9.11. The number of hydrazone groups is 1. The zero-order chi connectivity index (χ0) is 20.9. The predicted octanol–water partition coefficient (Wildman–Crippen LogP) is 3.71. The Morgan fingerprint density at radius 2 is 1.89 bits per heavy atom. The number of nitrogens with one attached hydrogen (secondary N) is 1. The molecule has 0 saturated heterocycles. The van der Waals surface area contributed by atoms with Crippen molar-refractivity contribution in [3.63, 3.8) is 0 Å². The highest BCUT2D eigenvalue weighted by atomic mass is 79.9. The average molecular weight is 533 g/mol. The first-order chi connectivity index (χ1) is 13.2. The van der Waals surface area contributed by atoms with Crippen molar-refractivity contribution in [2.45, 2.75) is 18.7 Å². The minimum Gasteiger partial charge on any atom is -0.506 e. The Morgan fingerprint density at radius 1 is 1.21 bits per heavy atom. The van der Waals surface area contributed by atoms with Gasteiger partial charge in [0.15, 0.2) is 0 Å². The van der Waals surface area contributed by atoms with E-state index in [0.717, 1.165) is 4.47 Å². The Labute approximate surface area is 180 Å². The third-order valence-electron chi connectivity index (χ3n) is 3.87. The van der Waals surface area contributed by atoms with E-state index in [1.165, 1.54) is 34.8 Å². The lowest BCUT2D eigenvalue weighted by Gasteiger charge is -2.18. The standard InChI is InChI=1S/C18H19Br2N3O4S/c1-3-23(4-2)28(26,27)15-7-5-6-12(9-15)18(25)22-21-11-13-8-14(19)10-16(20)17(13)24/h5-11,24H,3-4H2,1-2H3,(H,22,25)/b21-11+. The van der Waals surface area contributed by atoms with Gasteiger partial charge in [0.25, 0.3) is 5.91 Å². The third kappa shape index (κ3) is 5.19. The quantitative estimate of drug-likeness (QED) is 0.419. The first kappa shape index (κ1) is 22.5. The molecule has 0 heterocycles. The summed E-state index contributed by atoms with van der Waals surface area (Å²) in [7, 11) is -3.66. The van der Waals surface area contributed by atoms with E-state index in [1.807, 2.05) is 0 Å². The van der Waals surface area contributed by atoms with E-state index >= 15 is 0 Å². The number of sulfonamides is 1. The van der Waals surface area contributed by atoms with Gasteiger partial charge in [-0.2, -0.15) is 9.41 Å². The van der Waals surface area contributed by atoms with E-state index in [0.29, 0.717) is 23.1 Å². The van der Waals surface area contributed by atoms with Crippen LogP contribution in [-0.4, -0.2) is 43.0 Å². The number of hydrogen-bond acceptors (Lipinski definition) is 5. The fourth-order valence-corrected chi connectivity index (χ4v) is 5.18. The molecule has 0 saturated carbocycles. The summed E-state index contributed by atoms with van der Waals surface area (Å²) in [5, 5.41) is 13.8. The Balaban J connectivity index is 2.20. The van der Waals surface area contributed by atoms with Crippen LogP contribution in [0.25, 0.3) is 0 Å². The van der Waals surface area contributed by atoms with Crippen molar-refractivity contribution in [1.29, 1.82) is 0 Å². The van der Waals surface area contributed by atoms with Gasteiger partial charge in [0, 0.05) is 28.7 Å². The predicted molar refractivity (Wildman–Crippen MR) is 115 cm³/mol. The van der Waals surface area contributed by atoms with E-state index in [2.05, 4.69) is 42.4 Å². The first-order valence-corrected chi connectivity index (χ1v) is 11.3. The number of phenolic OH excluding ortho intramolecular Hbond substituents is 1. The number of aromatic hydroxyl groups is 1. The highest BCUT2D eigenvalue weighted by Crippen LogP contribution is 2.30. The second-order valence-corrected chi connectivity index (χ2v) is 9.35. The summed E-state index contributed by atoms with van der Waals surface area (Å²) in [5.74, 6) is -0.588. The van der Waals surface area contributed by atoms with Crippen molar-refractivity contribution in [3.8, 4) is 5.75 Å². The maximum atomic E-state index is 12.6. The number of phenols is 1. The van der Waals surface area contributed by atoms with Crippen molar-refractivity contribution >= 4 is 54.0 Å². The lowest BCUT2D eigenvalue weighted by atomic mass is 10.2. The zero-order valence-corrected chi connectivity index (χ0v) is 19.2. The molecule has 2 aromatic rings. The number of carbonyl (C=O) groups excluding carboxylic acids is 1. The Hall–Kier alpha value is -1.75. The third-order valence-corrected chi connectivity index (χ3v) is 6.98. The number of nitrogens with zero attached hydrogens (tertiary/aromatic N) is 2. The molecule has 0 atom stereocenters. The summed E-state index contributed by atoms with van der Waals surface area (Å²) in [6.07, 6.45) is 1.29. The average Bonchev–Trinajstić information content (AvgIpc) is 2.66. The molecule has 0 bridgehead atoms. The van der Waals surface area contributed by atoms with E-state index in [1.54, 1.807) is 26.0 Å². The topological polar surface area (TPSA) is 99.1 Å². The number of hydrogen-bond donors (Lipinski definition) is 2. The van der Waals surface area contributed by atoms with Gasteiger partial charge in [0.1, 0.15) is 5.75 Å². The number of benzene rings is 2. The van der Waals surface area contributed by atoms with E-state index in [4.69, 9.17) is 0 Å². The molecule has 0 radical (unpaired) electrons. The van der Waals surface area contributed by atoms with Crippen molar-refractivity contribution in [3.05, 3.63) is 56.5 Å². The van der Waals surface area contributed by atoms with Gasteiger partial charge in [-0.3, -0.25) is 4.79 Å². The molecule has 2 rings (SSSR count). The van der Waals surface area contributed by atoms with Gasteiger partial charge in [-0.25, -0.2) is 13.8 Å². The minimum absolute atomic E-state index is 0.0199. The maximum Gasteiger partial charge on any atom is 0.271 e. The second kappa shape index (κ2) is 9.64. The Kier molecular flexibility index (Phi) is 7.76. The zero-order valence-electron chi connectivity index (χ0n) is 15.2. The fraction of sp³-hybridized carbons (Fsp3) is 0.222. The molecule has 0 unspecified atom stereocenters. The lowest BCUT2D eigenvalue weighted by molar-refractivity contribution is 0.0955. The van der Waals surface area contributed by atoms with Gasteiger partial charge in [-0.05, 0) is 46.3 Å². The summed E-state index contributed by atoms with van der Waals surface area (Å²) in [5.41, 5.74) is 2.88. The SMILES string of the molecule is CCN(CC)S(=O)(=O)c1cccc(C(=O)N/N=C/c2cc(Br)cc(Br)c2O)c1. The molecule has 2 N–H and O–H groups in total. The normalized spacial score (nSPS) is 11.9. The molecule has 2 aromatic carbocycles. The summed E-state index contributed by atoms with van der Waals surface area (Å²) in [6.45, 7) is 4.18.